The van der Waals surface area contributed by atoms with Crippen LogP contribution < -0.4 is 15.4 Å². The van der Waals surface area contributed by atoms with E-state index in [-0.39, 0.29) is 12.5 Å². The number of hydrogen-bond acceptors (Lipinski definition) is 5. The Balaban J connectivity index is 2.47. The van der Waals surface area contributed by atoms with Crippen molar-refractivity contribution in [1.82, 2.24) is 10.2 Å². The quantitative estimate of drug-likeness (QED) is 0.427. The van der Waals surface area contributed by atoms with E-state index in [2.05, 4.69) is 17.2 Å². The lowest BCUT2D eigenvalue weighted by Gasteiger charge is -2.35. The third-order valence-electron chi connectivity index (χ3n) is 5.49. The van der Waals surface area contributed by atoms with Crippen molar-refractivity contribution in [1.29, 1.82) is 0 Å². The molecule has 0 saturated heterocycles. The second-order valence-electron chi connectivity index (χ2n) is 10.2. The minimum absolute atomic E-state index is 0.0900. The summed E-state index contributed by atoms with van der Waals surface area (Å²) in [5.41, 5.74) is 1.42. The van der Waals surface area contributed by atoms with Gasteiger partial charge in [-0.25, -0.2) is 4.79 Å². The number of hydrogen-bond donors (Lipinski definition) is 2. The van der Waals surface area contributed by atoms with Crippen LogP contribution in [0, 0.1) is 12.8 Å². The molecule has 37 heavy (non-hydrogen) atoms. The van der Waals surface area contributed by atoms with Gasteiger partial charge in [-0.05, 0) is 63.4 Å². The number of methoxy groups -OCH3 is 1. The van der Waals surface area contributed by atoms with Crippen LogP contribution in [0.4, 0.5) is 10.5 Å². The minimum Gasteiger partial charge on any atom is -0.497 e. The number of ether oxygens (including phenoxy) is 2. The summed E-state index contributed by atoms with van der Waals surface area (Å²) in [4.78, 5) is 41.6. The van der Waals surface area contributed by atoms with Crippen LogP contribution in [-0.4, -0.2) is 48.1 Å². The zero-order valence-corrected chi connectivity index (χ0v) is 22.8. The summed E-state index contributed by atoms with van der Waals surface area (Å²) in [5.74, 6) is -0.428. The van der Waals surface area contributed by atoms with Gasteiger partial charge in [0.05, 0.1) is 7.11 Å². The van der Waals surface area contributed by atoms with Crippen molar-refractivity contribution >= 4 is 23.6 Å². The molecule has 2 N–H and O–H groups in total. The first-order valence-corrected chi connectivity index (χ1v) is 12.3. The number of alkyl carbamates (subject to hydrolysis) is 1. The van der Waals surface area contributed by atoms with Crippen LogP contribution in [0.15, 0.2) is 61.2 Å². The van der Waals surface area contributed by atoms with Crippen molar-refractivity contribution in [2.45, 2.75) is 59.2 Å². The Morgan fingerprint density at radius 2 is 1.73 bits per heavy atom. The number of nitrogens with one attached hydrogen (secondary N) is 2. The summed E-state index contributed by atoms with van der Waals surface area (Å²) in [6.45, 7) is 14.7. The second kappa shape index (κ2) is 12.9. The molecule has 2 unspecified atom stereocenters. The van der Waals surface area contributed by atoms with Crippen LogP contribution in [0.1, 0.15) is 51.8 Å². The van der Waals surface area contributed by atoms with Crippen LogP contribution in [0.25, 0.3) is 0 Å². The van der Waals surface area contributed by atoms with Gasteiger partial charge in [0.1, 0.15) is 23.4 Å². The molecule has 2 atom stereocenters. The molecule has 2 rings (SSSR count). The lowest BCUT2D eigenvalue weighted by molar-refractivity contribution is -0.141. The maximum absolute atomic E-state index is 13.9. The summed E-state index contributed by atoms with van der Waals surface area (Å²) >= 11 is 0. The zero-order valence-electron chi connectivity index (χ0n) is 22.8. The summed E-state index contributed by atoms with van der Waals surface area (Å²) in [5, 5.41) is 5.61. The van der Waals surface area contributed by atoms with Crippen LogP contribution in [0.2, 0.25) is 0 Å². The molecule has 0 heterocycles. The Hall–Kier alpha value is -3.81. The van der Waals surface area contributed by atoms with Gasteiger partial charge in [-0.15, -0.1) is 6.58 Å². The molecule has 200 valence electrons. The fourth-order valence-electron chi connectivity index (χ4n) is 3.79. The molecule has 0 saturated carbocycles. The van der Waals surface area contributed by atoms with E-state index in [1.165, 1.54) is 4.90 Å². The van der Waals surface area contributed by atoms with Crippen LogP contribution in [0.3, 0.4) is 0 Å². The van der Waals surface area contributed by atoms with E-state index in [1.54, 1.807) is 64.3 Å². The molecule has 0 spiro atoms. The number of amides is 3. The molecular formula is C29H39N3O5. The maximum atomic E-state index is 13.9. The van der Waals surface area contributed by atoms with E-state index in [9.17, 15) is 14.4 Å². The smallest absolute Gasteiger partial charge is 0.408 e. The molecule has 0 radical (unpaired) electrons. The third-order valence-corrected chi connectivity index (χ3v) is 5.49. The highest BCUT2D eigenvalue weighted by Gasteiger charge is 2.37. The Morgan fingerprint density at radius 1 is 1.08 bits per heavy atom. The van der Waals surface area contributed by atoms with Gasteiger partial charge in [-0.3, -0.25) is 9.59 Å². The number of carbonyl (C=O) groups excluding carboxylic acids is 3. The summed E-state index contributed by atoms with van der Waals surface area (Å²) in [7, 11) is 1.57. The Bertz CT molecular complexity index is 1090. The highest BCUT2D eigenvalue weighted by molar-refractivity contribution is 5.99. The van der Waals surface area contributed by atoms with Crippen molar-refractivity contribution < 1.29 is 23.9 Å². The summed E-state index contributed by atoms with van der Waals surface area (Å²) < 4.78 is 10.6. The third kappa shape index (κ3) is 8.66. The van der Waals surface area contributed by atoms with E-state index in [1.807, 2.05) is 39.0 Å². The standard InChI is InChI=1S/C29H39N3O5/c1-9-17-32(27(34)24(19(2)3)31-28(35)37-29(5,6)7)25(21-12-10-11-20(4)18-21)26(33)30-22-13-15-23(36-8)16-14-22/h9-16,18-19,24-25H,1,17H2,2-8H3,(H,30,33)(H,31,35). The Labute approximate surface area is 220 Å². The van der Waals surface area contributed by atoms with Gasteiger partial charge in [0.25, 0.3) is 5.91 Å². The molecule has 3 amide bonds. The Kier molecular flexibility index (Phi) is 10.3. The van der Waals surface area contributed by atoms with Gasteiger partial charge < -0.3 is 25.0 Å². The Morgan fingerprint density at radius 3 is 2.24 bits per heavy atom. The van der Waals surface area contributed by atoms with E-state index in [0.29, 0.717) is 17.0 Å². The van der Waals surface area contributed by atoms with Gasteiger partial charge in [0, 0.05) is 12.2 Å². The van der Waals surface area contributed by atoms with E-state index in [0.717, 1.165) is 5.56 Å². The molecule has 0 aliphatic carbocycles. The average Bonchev–Trinajstić information content (AvgIpc) is 2.81. The molecule has 2 aromatic carbocycles. The van der Waals surface area contributed by atoms with E-state index >= 15 is 0 Å². The van der Waals surface area contributed by atoms with Crippen LogP contribution >= 0.6 is 0 Å². The summed E-state index contributed by atoms with van der Waals surface area (Å²) in [6, 6.07) is 12.5. The first-order chi connectivity index (χ1) is 17.4. The van der Waals surface area contributed by atoms with Crippen molar-refractivity contribution in [2.24, 2.45) is 5.92 Å². The molecule has 0 aliphatic rings. The lowest BCUT2D eigenvalue weighted by atomic mass is 9.98. The lowest BCUT2D eigenvalue weighted by Crippen LogP contribution is -2.54. The highest BCUT2D eigenvalue weighted by Crippen LogP contribution is 2.27. The first-order valence-electron chi connectivity index (χ1n) is 12.3. The van der Waals surface area contributed by atoms with Gasteiger partial charge in [0.15, 0.2) is 0 Å². The van der Waals surface area contributed by atoms with Crippen LogP contribution in [0.5, 0.6) is 5.75 Å². The molecule has 2 aromatic rings. The summed E-state index contributed by atoms with van der Waals surface area (Å²) in [6.07, 6.45) is 0.861. The molecule has 0 aliphatic heterocycles. The topological polar surface area (TPSA) is 97.0 Å². The average molecular weight is 510 g/mol. The number of benzene rings is 2. The minimum atomic E-state index is -0.978. The van der Waals surface area contributed by atoms with Crippen LogP contribution in [-0.2, 0) is 14.3 Å². The van der Waals surface area contributed by atoms with Gasteiger partial charge in [0.2, 0.25) is 5.91 Å². The zero-order chi connectivity index (χ0) is 27.8. The van der Waals surface area contributed by atoms with Gasteiger partial charge in [-0.2, -0.15) is 0 Å². The predicted octanol–water partition coefficient (Wildman–Crippen LogP) is 5.25. The predicted molar refractivity (Wildman–Crippen MR) is 145 cm³/mol. The molecule has 0 aromatic heterocycles. The van der Waals surface area contributed by atoms with Gasteiger partial charge >= 0.3 is 6.09 Å². The first kappa shape index (κ1) is 29.4. The molecule has 8 heteroatoms. The van der Waals surface area contributed by atoms with Crippen molar-refractivity contribution in [3.63, 3.8) is 0 Å². The maximum Gasteiger partial charge on any atom is 0.408 e. The van der Waals surface area contributed by atoms with Crippen molar-refractivity contribution in [3.8, 4) is 5.75 Å². The normalized spacial score (nSPS) is 12.8. The largest absolute Gasteiger partial charge is 0.497 e. The number of anilines is 1. The number of rotatable bonds is 10. The monoisotopic (exact) mass is 509 g/mol. The molecular weight excluding hydrogens is 470 g/mol. The van der Waals surface area contributed by atoms with E-state index in [4.69, 9.17) is 9.47 Å². The highest BCUT2D eigenvalue weighted by atomic mass is 16.6. The number of carbonyl (C=O) groups is 3. The second-order valence-corrected chi connectivity index (χ2v) is 10.2. The van der Waals surface area contributed by atoms with Gasteiger partial charge in [-0.1, -0.05) is 49.8 Å². The molecule has 0 fully saturated rings. The molecule has 0 bridgehead atoms. The number of aryl methyl sites for hydroxylation is 1. The van der Waals surface area contributed by atoms with Crippen molar-refractivity contribution in [3.05, 3.63) is 72.3 Å². The fraction of sp³-hybridized carbons (Fsp3) is 0.414. The number of nitrogens with zero attached hydrogens (tertiary/aromatic N) is 1. The molecule has 8 nitrogen and oxygen atoms in total. The SMILES string of the molecule is C=CCN(C(=O)C(NC(=O)OC(C)(C)C)C(C)C)C(C(=O)Nc1ccc(OC)cc1)c1cccc(C)c1. The fourth-order valence-corrected chi connectivity index (χ4v) is 3.79. The van der Waals surface area contributed by atoms with Crippen molar-refractivity contribution in [2.75, 3.05) is 19.0 Å². The van der Waals surface area contributed by atoms with E-state index < -0.39 is 35.6 Å².